The lowest BCUT2D eigenvalue weighted by Crippen LogP contribution is -2.46. The number of nitrogens with two attached hydrogens (primary N) is 1. The first kappa shape index (κ1) is 11.1. The summed E-state index contributed by atoms with van der Waals surface area (Å²) in [5.41, 5.74) is 8.82. The van der Waals surface area contributed by atoms with Crippen LogP contribution >= 0.6 is 0 Å². The Morgan fingerprint density at radius 3 is 3.18 bits per heavy atom. The molecule has 1 saturated heterocycles. The zero-order valence-corrected chi connectivity index (χ0v) is 9.84. The van der Waals surface area contributed by atoms with Gasteiger partial charge in [-0.25, -0.2) is 0 Å². The molecular weight excluding hydrogens is 216 g/mol. The van der Waals surface area contributed by atoms with Crippen molar-refractivity contribution in [2.75, 3.05) is 19.8 Å². The van der Waals surface area contributed by atoms with Gasteiger partial charge in [0.1, 0.15) is 0 Å². The van der Waals surface area contributed by atoms with Gasteiger partial charge in [0.25, 0.3) is 0 Å². The van der Waals surface area contributed by atoms with Crippen LogP contribution in [0.25, 0.3) is 0 Å². The van der Waals surface area contributed by atoms with Crippen LogP contribution in [0.4, 0.5) is 0 Å². The van der Waals surface area contributed by atoms with E-state index in [2.05, 4.69) is 11.1 Å². The zero-order chi connectivity index (χ0) is 11.7. The molecule has 0 aromatic carbocycles. The van der Waals surface area contributed by atoms with Crippen LogP contribution < -0.4 is 5.73 Å². The predicted molar refractivity (Wildman–Crippen MR) is 63.8 cm³/mol. The Bertz CT molecular complexity index is 391. The van der Waals surface area contributed by atoms with Crippen LogP contribution in [0.15, 0.2) is 18.3 Å². The highest BCUT2D eigenvalue weighted by atomic mass is 16.6. The number of hydrogen-bond acceptors (Lipinski definition) is 4. The third-order valence-corrected chi connectivity index (χ3v) is 3.74. The van der Waals surface area contributed by atoms with Gasteiger partial charge in [-0.2, -0.15) is 0 Å². The van der Waals surface area contributed by atoms with Crippen LogP contribution in [0.1, 0.15) is 23.6 Å². The highest BCUT2D eigenvalue weighted by molar-refractivity contribution is 5.30. The van der Waals surface area contributed by atoms with Gasteiger partial charge in [-0.05, 0) is 24.5 Å². The molecular formula is C13H18N2O2. The normalized spacial score (nSPS) is 29.9. The summed E-state index contributed by atoms with van der Waals surface area (Å²) in [5.74, 6) is 0.317. The highest BCUT2D eigenvalue weighted by Crippen LogP contribution is 2.34. The second kappa shape index (κ2) is 4.72. The van der Waals surface area contributed by atoms with Crippen LogP contribution in [0.5, 0.6) is 0 Å². The molecule has 4 heteroatoms. The smallest absolute Gasteiger partial charge is 0.0966 e. The monoisotopic (exact) mass is 234 g/mol. The summed E-state index contributed by atoms with van der Waals surface area (Å²) in [6, 6.07) is 4.13. The maximum atomic E-state index is 6.32. The van der Waals surface area contributed by atoms with Gasteiger partial charge in [0, 0.05) is 23.9 Å². The van der Waals surface area contributed by atoms with Crippen molar-refractivity contribution >= 4 is 0 Å². The first-order valence-electron chi connectivity index (χ1n) is 6.25. The first-order valence-corrected chi connectivity index (χ1v) is 6.25. The van der Waals surface area contributed by atoms with Gasteiger partial charge in [0.2, 0.25) is 0 Å². The number of nitrogens with zero attached hydrogens (tertiary/aromatic N) is 1. The molecule has 3 atom stereocenters. The third-order valence-electron chi connectivity index (χ3n) is 3.74. The number of pyridine rings is 1. The van der Waals surface area contributed by atoms with Crippen LogP contribution in [-0.2, 0) is 15.9 Å². The summed E-state index contributed by atoms with van der Waals surface area (Å²) in [5, 5.41) is 0. The van der Waals surface area contributed by atoms with E-state index >= 15 is 0 Å². The van der Waals surface area contributed by atoms with E-state index in [4.69, 9.17) is 15.2 Å². The average molecular weight is 234 g/mol. The number of hydrogen-bond donors (Lipinski definition) is 1. The molecule has 1 aromatic rings. The number of aromatic nitrogens is 1. The van der Waals surface area contributed by atoms with E-state index in [0.29, 0.717) is 25.7 Å². The fourth-order valence-electron chi connectivity index (χ4n) is 2.81. The van der Waals surface area contributed by atoms with Gasteiger partial charge in [-0.3, -0.25) is 4.98 Å². The van der Waals surface area contributed by atoms with E-state index in [0.717, 1.165) is 18.5 Å². The lowest BCUT2D eigenvalue weighted by atomic mass is 9.93. The van der Waals surface area contributed by atoms with E-state index in [1.54, 1.807) is 0 Å². The zero-order valence-electron chi connectivity index (χ0n) is 9.84. The second-order valence-electron chi connectivity index (χ2n) is 4.75. The van der Waals surface area contributed by atoms with Gasteiger partial charge in [0.05, 0.1) is 25.9 Å². The lowest BCUT2D eigenvalue weighted by molar-refractivity contribution is -0.0997. The molecule has 3 rings (SSSR count). The van der Waals surface area contributed by atoms with E-state index in [-0.39, 0.29) is 12.1 Å². The SMILES string of the molecule is NC(C1COCCO1)C1CCc2cccnc21. The third kappa shape index (κ3) is 2.08. The van der Waals surface area contributed by atoms with Crippen molar-refractivity contribution in [3.05, 3.63) is 29.6 Å². The molecule has 2 aliphatic rings. The summed E-state index contributed by atoms with van der Waals surface area (Å²) in [4.78, 5) is 4.48. The van der Waals surface area contributed by atoms with Crippen molar-refractivity contribution in [3.63, 3.8) is 0 Å². The molecule has 1 aliphatic carbocycles. The van der Waals surface area contributed by atoms with Crippen LogP contribution in [0.2, 0.25) is 0 Å². The van der Waals surface area contributed by atoms with E-state index < -0.39 is 0 Å². The van der Waals surface area contributed by atoms with E-state index in [9.17, 15) is 0 Å². The molecule has 2 heterocycles. The molecule has 17 heavy (non-hydrogen) atoms. The highest BCUT2D eigenvalue weighted by Gasteiger charge is 2.34. The molecule has 1 aromatic heterocycles. The number of rotatable bonds is 2. The molecule has 0 bridgehead atoms. The maximum absolute atomic E-state index is 6.32. The molecule has 3 unspecified atom stereocenters. The van der Waals surface area contributed by atoms with Crippen molar-refractivity contribution in [1.82, 2.24) is 4.98 Å². The lowest BCUT2D eigenvalue weighted by Gasteiger charge is -2.31. The summed E-state index contributed by atoms with van der Waals surface area (Å²) < 4.78 is 11.1. The Morgan fingerprint density at radius 2 is 2.35 bits per heavy atom. The molecule has 0 saturated carbocycles. The van der Waals surface area contributed by atoms with Crippen molar-refractivity contribution in [3.8, 4) is 0 Å². The van der Waals surface area contributed by atoms with Gasteiger partial charge in [0.15, 0.2) is 0 Å². The van der Waals surface area contributed by atoms with Crippen LogP contribution in [-0.4, -0.2) is 37.0 Å². The van der Waals surface area contributed by atoms with Crippen LogP contribution in [0, 0.1) is 0 Å². The Labute approximate surface area is 101 Å². The van der Waals surface area contributed by atoms with Gasteiger partial charge < -0.3 is 15.2 Å². The van der Waals surface area contributed by atoms with E-state index in [1.165, 1.54) is 5.56 Å². The maximum Gasteiger partial charge on any atom is 0.0966 e. The standard InChI is InChI=1S/C13H18N2O2/c14-12(11-8-16-6-7-17-11)10-4-3-9-2-1-5-15-13(9)10/h1-2,5,10-12H,3-4,6-8,14H2. The minimum atomic E-state index is -0.00792. The minimum Gasteiger partial charge on any atom is -0.376 e. The average Bonchev–Trinajstić information content (AvgIpc) is 2.83. The molecule has 1 fully saturated rings. The molecule has 0 radical (unpaired) electrons. The summed E-state index contributed by atoms with van der Waals surface area (Å²) in [6.45, 7) is 1.95. The molecule has 0 amide bonds. The van der Waals surface area contributed by atoms with Crippen molar-refractivity contribution in [2.45, 2.75) is 30.9 Å². The molecule has 92 valence electrons. The Hall–Kier alpha value is -0.970. The Kier molecular flexibility index (Phi) is 3.09. The summed E-state index contributed by atoms with van der Waals surface area (Å²) >= 11 is 0. The molecule has 1 aliphatic heterocycles. The van der Waals surface area contributed by atoms with Crippen LogP contribution in [0.3, 0.4) is 0 Å². The van der Waals surface area contributed by atoms with Gasteiger partial charge >= 0.3 is 0 Å². The van der Waals surface area contributed by atoms with Crippen molar-refractivity contribution in [1.29, 1.82) is 0 Å². The topological polar surface area (TPSA) is 57.4 Å². The fourth-order valence-corrected chi connectivity index (χ4v) is 2.81. The molecule has 0 spiro atoms. The van der Waals surface area contributed by atoms with Gasteiger partial charge in [-0.15, -0.1) is 0 Å². The largest absolute Gasteiger partial charge is 0.376 e. The predicted octanol–water partition coefficient (Wildman–Crippen LogP) is 0.854. The molecule has 4 nitrogen and oxygen atoms in total. The van der Waals surface area contributed by atoms with Crippen molar-refractivity contribution in [2.24, 2.45) is 5.73 Å². The quantitative estimate of drug-likeness (QED) is 0.824. The fraction of sp³-hybridized carbons (Fsp3) is 0.615. The van der Waals surface area contributed by atoms with Crippen molar-refractivity contribution < 1.29 is 9.47 Å². The Morgan fingerprint density at radius 1 is 1.41 bits per heavy atom. The first-order chi connectivity index (χ1) is 8.36. The minimum absolute atomic E-state index is 0.00792. The van der Waals surface area contributed by atoms with Gasteiger partial charge in [-0.1, -0.05) is 6.07 Å². The van der Waals surface area contributed by atoms with E-state index in [1.807, 2.05) is 12.3 Å². The number of ether oxygens (including phenoxy) is 2. The Balaban J connectivity index is 1.76. The molecule has 2 N–H and O–H groups in total. The number of fused-ring (bicyclic) bond motifs is 1. The number of aryl methyl sites for hydroxylation is 1. The summed E-state index contributed by atoms with van der Waals surface area (Å²) in [6.07, 6.45) is 4.02. The second-order valence-corrected chi connectivity index (χ2v) is 4.75. The summed E-state index contributed by atoms with van der Waals surface area (Å²) in [7, 11) is 0.